The standard InChI is InChI=1S/C25H22Si2/c1-3-11-21-17(7-1)15-19-9-5-13-26-23(19)25(21)22-12-4-2-8-18(22)16-20-10-6-14-27-24(20)25/h1-9,11-14,20,23-24H,10,15-16H2. The van der Waals surface area contributed by atoms with Gasteiger partial charge in [0, 0.05) is 5.41 Å². The van der Waals surface area contributed by atoms with E-state index < -0.39 is 0 Å². The third-order valence-electron chi connectivity index (χ3n) is 7.09. The highest BCUT2D eigenvalue weighted by Gasteiger charge is 2.56. The van der Waals surface area contributed by atoms with Crippen molar-refractivity contribution in [3.8, 4) is 0 Å². The average molecular weight is 379 g/mol. The number of rotatable bonds is 0. The molecular weight excluding hydrogens is 356 g/mol. The normalized spacial score (nSPS) is 32.9. The van der Waals surface area contributed by atoms with Gasteiger partial charge in [0.2, 0.25) is 0 Å². The summed E-state index contributed by atoms with van der Waals surface area (Å²) in [7, 11) is 1.83. The molecule has 0 bridgehead atoms. The largest absolute Gasteiger partial charge is 0.102 e. The van der Waals surface area contributed by atoms with Gasteiger partial charge in [-0.15, -0.1) is 5.70 Å². The van der Waals surface area contributed by atoms with E-state index in [4.69, 9.17) is 0 Å². The molecule has 2 aliphatic heterocycles. The Kier molecular flexibility index (Phi) is 3.60. The minimum Gasteiger partial charge on any atom is -0.102 e. The molecular formula is C25H22Si2. The van der Waals surface area contributed by atoms with Gasteiger partial charge >= 0.3 is 0 Å². The van der Waals surface area contributed by atoms with Crippen molar-refractivity contribution in [2.75, 3.05) is 0 Å². The summed E-state index contributed by atoms with van der Waals surface area (Å²) in [6.07, 6.45) is 10.8. The first-order chi connectivity index (χ1) is 13.4. The van der Waals surface area contributed by atoms with Crippen LogP contribution in [0.1, 0.15) is 28.7 Å². The van der Waals surface area contributed by atoms with Crippen LogP contribution in [0.4, 0.5) is 0 Å². The van der Waals surface area contributed by atoms with Crippen molar-refractivity contribution in [1.29, 1.82) is 0 Å². The van der Waals surface area contributed by atoms with Crippen molar-refractivity contribution in [1.82, 2.24) is 0 Å². The Morgan fingerprint density at radius 3 is 2.52 bits per heavy atom. The van der Waals surface area contributed by atoms with E-state index in [2.05, 4.69) is 78.2 Å². The van der Waals surface area contributed by atoms with Gasteiger partial charge in [-0.05, 0) is 58.5 Å². The minimum atomic E-state index is 0.159. The molecule has 0 saturated heterocycles. The minimum absolute atomic E-state index is 0.159. The van der Waals surface area contributed by atoms with Gasteiger partial charge in [-0.2, -0.15) is 0 Å². The fourth-order valence-electron chi connectivity index (χ4n) is 6.16. The Morgan fingerprint density at radius 2 is 1.63 bits per heavy atom. The summed E-state index contributed by atoms with van der Waals surface area (Å²) in [5.41, 5.74) is 14.6. The molecule has 0 amide bonds. The number of allylic oxidation sites excluding steroid dienone is 4. The number of hydrogen-bond donors (Lipinski definition) is 0. The van der Waals surface area contributed by atoms with Gasteiger partial charge in [0.05, 0.1) is 19.0 Å². The maximum Gasteiger partial charge on any atom is 0.0797 e. The lowest BCUT2D eigenvalue weighted by Gasteiger charge is -2.57. The highest BCUT2D eigenvalue weighted by atomic mass is 28.2. The van der Waals surface area contributed by atoms with Crippen LogP contribution in [0.25, 0.3) is 0 Å². The predicted molar refractivity (Wildman–Crippen MR) is 115 cm³/mol. The summed E-state index contributed by atoms with van der Waals surface area (Å²) in [5.74, 6) is 0.784. The smallest absolute Gasteiger partial charge is 0.0797 e. The molecule has 130 valence electrons. The van der Waals surface area contributed by atoms with E-state index in [0.717, 1.165) is 36.9 Å². The lowest BCUT2D eigenvalue weighted by Crippen LogP contribution is -2.51. The Morgan fingerprint density at radius 1 is 0.852 bits per heavy atom. The van der Waals surface area contributed by atoms with Crippen LogP contribution in [0.15, 0.2) is 83.7 Å². The third kappa shape index (κ3) is 2.14. The molecule has 1 spiro atoms. The molecule has 2 heterocycles. The molecule has 0 saturated carbocycles. The summed E-state index contributed by atoms with van der Waals surface area (Å²) in [4.78, 5) is 0. The van der Waals surface area contributed by atoms with Crippen molar-refractivity contribution in [3.05, 3.63) is 106 Å². The molecule has 4 aliphatic rings. The highest BCUT2D eigenvalue weighted by molar-refractivity contribution is 6.49. The molecule has 2 aliphatic carbocycles. The molecule has 0 nitrogen and oxygen atoms in total. The van der Waals surface area contributed by atoms with Crippen LogP contribution >= 0.6 is 0 Å². The monoisotopic (exact) mass is 378 g/mol. The predicted octanol–water partition coefficient (Wildman–Crippen LogP) is 5.06. The molecule has 27 heavy (non-hydrogen) atoms. The topological polar surface area (TPSA) is 0 Å². The fourth-order valence-corrected chi connectivity index (χ4v) is 9.63. The summed E-state index contributed by atoms with van der Waals surface area (Å²) in [5, 5.41) is 0. The van der Waals surface area contributed by atoms with Crippen molar-refractivity contribution < 1.29 is 0 Å². The second kappa shape index (κ2) is 6.05. The molecule has 2 heteroatoms. The Hall–Kier alpha value is -1.91. The first-order valence-corrected chi connectivity index (χ1v) is 12.4. The SMILES string of the molecule is C1=C[Si]C2C(=C1)Cc1ccccc1C21c2ccccc2CC2CC=C[Si]C21. The van der Waals surface area contributed by atoms with Crippen LogP contribution in [0.5, 0.6) is 0 Å². The van der Waals surface area contributed by atoms with E-state index in [0.29, 0.717) is 5.54 Å². The van der Waals surface area contributed by atoms with E-state index in [1.165, 1.54) is 12.8 Å². The second-order valence-corrected chi connectivity index (χ2v) is 10.8. The molecule has 6 rings (SSSR count). The first kappa shape index (κ1) is 16.1. The van der Waals surface area contributed by atoms with Gasteiger partial charge in [0.15, 0.2) is 0 Å². The first-order valence-electron chi connectivity index (χ1n) is 10.1. The van der Waals surface area contributed by atoms with Crippen molar-refractivity contribution in [2.24, 2.45) is 5.92 Å². The highest BCUT2D eigenvalue weighted by Crippen LogP contribution is 2.64. The maximum absolute atomic E-state index is 2.50. The lowest BCUT2D eigenvalue weighted by atomic mass is 9.55. The van der Waals surface area contributed by atoms with Gasteiger partial charge in [0.25, 0.3) is 0 Å². The van der Waals surface area contributed by atoms with Gasteiger partial charge in [-0.3, -0.25) is 0 Å². The molecule has 2 aromatic rings. The molecule has 4 radical (unpaired) electrons. The van der Waals surface area contributed by atoms with E-state index in [-0.39, 0.29) is 5.41 Å². The third-order valence-corrected chi connectivity index (χ3v) is 10.4. The van der Waals surface area contributed by atoms with Crippen molar-refractivity contribution >= 4 is 19.0 Å². The van der Waals surface area contributed by atoms with Crippen LogP contribution in [-0.4, -0.2) is 19.0 Å². The molecule has 4 unspecified atom stereocenters. The average Bonchev–Trinajstić information content (AvgIpc) is 2.73. The lowest BCUT2D eigenvalue weighted by molar-refractivity contribution is 0.314. The van der Waals surface area contributed by atoms with Crippen LogP contribution < -0.4 is 0 Å². The van der Waals surface area contributed by atoms with Crippen LogP contribution in [0.2, 0.25) is 11.1 Å². The summed E-state index contributed by atoms with van der Waals surface area (Å²) >= 11 is 0. The fraction of sp³-hybridized carbons (Fsp3) is 0.280. The Balaban J connectivity index is 1.72. The second-order valence-electron chi connectivity index (χ2n) is 8.31. The molecule has 0 aromatic heterocycles. The van der Waals surface area contributed by atoms with E-state index >= 15 is 0 Å². The van der Waals surface area contributed by atoms with Gasteiger partial charge in [-0.1, -0.05) is 78.0 Å². The maximum atomic E-state index is 2.50. The molecule has 4 atom stereocenters. The summed E-state index contributed by atoms with van der Waals surface area (Å²) < 4.78 is 0. The number of benzene rings is 2. The van der Waals surface area contributed by atoms with Gasteiger partial charge in [-0.25, -0.2) is 0 Å². The Bertz CT molecular complexity index is 999. The van der Waals surface area contributed by atoms with Crippen molar-refractivity contribution in [2.45, 2.75) is 35.8 Å². The van der Waals surface area contributed by atoms with Crippen LogP contribution in [-0.2, 0) is 18.3 Å². The van der Waals surface area contributed by atoms with Gasteiger partial charge < -0.3 is 0 Å². The molecule has 0 fully saturated rings. The zero-order chi connectivity index (χ0) is 17.8. The summed E-state index contributed by atoms with van der Waals surface area (Å²) in [6, 6.07) is 18.8. The van der Waals surface area contributed by atoms with E-state index in [1.807, 2.05) is 0 Å². The van der Waals surface area contributed by atoms with E-state index in [1.54, 1.807) is 27.8 Å². The molecule has 2 aromatic carbocycles. The summed E-state index contributed by atoms with van der Waals surface area (Å²) in [6.45, 7) is 0. The zero-order valence-corrected chi connectivity index (χ0v) is 17.4. The quantitative estimate of drug-likeness (QED) is 0.562. The van der Waals surface area contributed by atoms with Crippen LogP contribution in [0, 0.1) is 5.92 Å². The number of hydrogen-bond acceptors (Lipinski definition) is 0. The van der Waals surface area contributed by atoms with Crippen molar-refractivity contribution in [3.63, 3.8) is 0 Å². The van der Waals surface area contributed by atoms with Crippen LogP contribution in [0.3, 0.4) is 0 Å². The van der Waals surface area contributed by atoms with E-state index in [9.17, 15) is 0 Å². The Labute approximate surface area is 166 Å². The van der Waals surface area contributed by atoms with Gasteiger partial charge in [0.1, 0.15) is 0 Å². The number of fused-ring (bicyclic) bond motifs is 8. The zero-order valence-electron chi connectivity index (χ0n) is 15.4. The molecule has 0 N–H and O–H groups in total.